The van der Waals surface area contributed by atoms with Crippen LogP contribution in [0.25, 0.3) is 0 Å². The molecule has 18 heavy (non-hydrogen) atoms. The zero-order valence-electron chi connectivity index (χ0n) is 11.0. The average Bonchev–Trinajstić information content (AvgIpc) is 3.04. The molecule has 3 nitrogen and oxygen atoms in total. The Labute approximate surface area is 114 Å². The SMILES string of the molecule is CCCn1ncc(Cl)c1C(N)C1CC2CCC1C2. The third kappa shape index (κ3) is 1.97. The van der Waals surface area contributed by atoms with Gasteiger partial charge in [0.1, 0.15) is 0 Å². The fourth-order valence-electron chi connectivity index (χ4n) is 4.03. The quantitative estimate of drug-likeness (QED) is 0.909. The van der Waals surface area contributed by atoms with Crippen molar-refractivity contribution in [1.29, 1.82) is 0 Å². The highest BCUT2D eigenvalue weighted by atomic mass is 35.5. The summed E-state index contributed by atoms with van der Waals surface area (Å²) in [5.74, 6) is 2.37. The molecule has 3 rings (SSSR count). The summed E-state index contributed by atoms with van der Waals surface area (Å²) in [6.45, 7) is 3.07. The van der Waals surface area contributed by atoms with Crippen LogP contribution in [0, 0.1) is 17.8 Å². The number of hydrogen-bond acceptors (Lipinski definition) is 2. The lowest BCUT2D eigenvalue weighted by atomic mass is 9.82. The van der Waals surface area contributed by atoms with E-state index in [2.05, 4.69) is 12.0 Å². The molecule has 4 atom stereocenters. The van der Waals surface area contributed by atoms with E-state index in [9.17, 15) is 0 Å². The van der Waals surface area contributed by atoms with Gasteiger partial charge in [0.25, 0.3) is 0 Å². The fraction of sp³-hybridized carbons (Fsp3) is 0.786. The summed E-state index contributed by atoms with van der Waals surface area (Å²) >= 11 is 6.29. The molecule has 1 heterocycles. The number of aromatic nitrogens is 2. The monoisotopic (exact) mass is 267 g/mol. The van der Waals surface area contributed by atoms with Crippen LogP contribution in [0.15, 0.2) is 6.20 Å². The van der Waals surface area contributed by atoms with Gasteiger partial charge in [-0.15, -0.1) is 0 Å². The fourth-order valence-corrected chi connectivity index (χ4v) is 4.30. The van der Waals surface area contributed by atoms with Gasteiger partial charge in [-0.2, -0.15) is 5.10 Å². The van der Waals surface area contributed by atoms with Gasteiger partial charge < -0.3 is 5.73 Å². The second-order valence-corrected chi connectivity index (χ2v) is 6.37. The molecule has 2 aliphatic rings. The predicted molar refractivity (Wildman–Crippen MR) is 73.4 cm³/mol. The van der Waals surface area contributed by atoms with Crippen molar-refractivity contribution in [2.75, 3.05) is 0 Å². The van der Waals surface area contributed by atoms with Gasteiger partial charge in [-0.25, -0.2) is 0 Å². The number of fused-ring (bicyclic) bond motifs is 2. The van der Waals surface area contributed by atoms with Crippen molar-refractivity contribution in [3.63, 3.8) is 0 Å². The first kappa shape index (κ1) is 12.5. The van der Waals surface area contributed by atoms with Crippen LogP contribution in [0.3, 0.4) is 0 Å². The highest BCUT2D eigenvalue weighted by Gasteiger charge is 2.43. The molecule has 0 radical (unpaired) electrons. The summed E-state index contributed by atoms with van der Waals surface area (Å²) < 4.78 is 2.01. The van der Waals surface area contributed by atoms with E-state index in [1.165, 1.54) is 25.7 Å². The summed E-state index contributed by atoms with van der Waals surface area (Å²) in [7, 11) is 0. The van der Waals surface area contributed by atoms with E-state index >= 15 is 0 Å². The standard InChI is InChI=1S/C14H22ClN3/c1-2-5-18-14(12(15)8-17-18)13(16)11-7-9-3-4-10(11)6-9/h8-11,13H,2-7,16H2,1H3. The molecule has 1 aromatic heterocycles. The summed E-state index contributed by atoms with van der Waals surface area (Å²) in [4.78, 5) is 0. The molecule has 0 aromatic carbocycles. The highest BCUT2D eigenvalue weighted by Crippen LogP contribution is 2.52. The molecule has 2 aliphatic carbocycles. The van der Waals surface area contributed by atoms with Gasteiger partial charge in [0.15, 0.2) is 0 Å². The Morgan fingerprint density at radius 3 is 2.94 bits per heavy atom. The van der Waals surface area contributed by atoms with E-state index in [0.29, 0.717) is 5.92 Å². The lowest BCUT2D eigenvalue weighted by Gasteiger charge is -2.28. The normalized spacial score (nSPS) is 32.1. The molecular formula is C14H22ClN3. The smallest absolute Gasteiger partial charge is 0.0834 e. The Balaban J connectivity index is 1.83. The van der Waals surface area contributed by atoms with E-state index in [1.54, 1.807) is 6.20 Å². The minimum Gasteiger partial charge on any atom is -0.322 e. The summed E-state index contributed by atoms with van der Waals surface area (Å²) in [6, 6.07) is 0.0712. The van der Waals surface area contributed by atoms with Gasteiger partial charge in [-0.05, 0) is 43.4 Å². The van der Waals surface area contributed by atoms with Gasteiger partial charge in [-0.1, -0.05) is 24.9 Å². The van der Waals surface area contributed by atoms with Crippen molar-refractivity contribution >= 4 is 11.6 Å². The zero-order valence-corrected chi connectivity index (χ0v) is 11.7. The van der Waals surface area contributed by atoms with Gasteiger partial charge in [0.05, 0.1) is 23.0 Å². The third-order valence-corrected chi connectivity index (χ3v) is 5.13. The number of hydrogen-bond donors (Lipinski definition) is 1. The first-order valence-corrected chi connectivity index (χ1v) is 7.55. The minimum absolute atomic E-state index is 0.0712. The van der Waals surface area contributed by atoms with E-state index < -0.39 is 0 Å². The molecule has 0 aliphatic heterocycles. The molecule has 2 N–H and O–H groups in total. The number of nitrogens with two attached hydrogens (primary N) is 1. The van der Waals surface area contributed by atoms with E-state index in [-0.39, 0.29) is 6.04 Å². The topological polar surface area (TPSA) is 43.8 Å². The number of nitrogens with zero attached hydrogens (tertiary/aromatic N) is 2. The van der Waals surface area contributed by atoms with Crippen LogP contribution in [0.4, 0.5) is 0 Å². The molecular weight excluding hydrogens is 246 g/mol. The summed E-state index contributed by atoms with van der Waals surface area (Å²) in [5.41, 5.74) is 7.58. The van der Waals surface area contributed by atoms with Crippen molar-refractivity contribution < 1.29 is 0 Å². The van der Waals surface area contributed by atoms with Crippen LogP contribution in [0.2, 0.25) is 5.02 Å². The van der Waals surface area contributed by atoms with E-state index in [1.807, 2.05) is 4.68 Å². The maximum absolute atomic E-state index is 6.52. The van der Waals surface area contributed by atoms with Gasteiger partial charge in [0.2, 0.25) is 0 Å². The average molecular weight is 268 g/mol. The maximum atomic E-state index is 6.52. The Morgan fingerprint density at radius 2 is 2.33 bits per heavy atom. The molecule has 1 aromatic rings. The lowest BCUT2D eigenvalue weighted by molar-refractivity contribution is 0.275. The van der Waals surface area contributed by atoms with Crippen molar-refractivity contribution in [2.45, 2.75) is 51.6 Å². The van der Waals surface area contributed by atoms with Gasteiger partial charge >= 0.3 is 0 Å². The summed E-state index contributed by atoms with van der Waals surface area (Å²) in [5, 5.41) is 5.11. The molecule has 4 unspecified atom stereocenters. The molecule has 4 heteroatoms. The first-order chi connectivity index (χ1) is 8.70. The van der Waals surface area contributed by atoms with Crippen molar-refractivity contribution in [2.24, 2.45) is 23.5 Å². The van der Waals surface area contributed by atoms with Gasteiger partial charge in [-0.3, -0.25) is 4.68 Å². The Morgan fingerprint density at radius 1 is 1.50 bits per heavy atom. The van der Waals surface area contributed by atoms with Crippen LogP contribution < -0.4 is 5.73 Å². The largest absolute Gasteiger partial charge is 0.322 e. The second kappa shape index (κ2) is 4.86. The molecule has 100 valence electrons. The summed E-state index contributed by atoms with van der Waals surface area (Å²) in [6.07, 6.45) is 8.27. The Bertz CT molecular complexity index is 429. The van der Waals surface area contributed by atoms with Crippen LogP contribution >= 0.6 is 11.6 Å². The number of rotatable bonds is 4. The molecule has 0 saturated heterocycles. The highest BCUT2D eigenvalue weighted by molar-refractivity contribution is 6.31. The third-order valence-electron chi connectivity index (χ3n) is 4.84. The zero-order chi connectivity index (χ0) is 12.7. The maximum Gasteiger partial charge on any atom is 0.0834 e. The Kier molecular flexibility index (Phi) is 3.37. The first-order valence-electron chi connectivity index (χ1n) is 7.17. The van der Waals surface area contributed by atoms with E-state index in [0.717, 1.165) is 35.5 Å². The molecule has 0 amide bonds. The molecule has 2 saturated carbocycles. The van der Waals surface area contributed by atoms with Crippen LogP contribution in [-0.4, -0.2) is 9.78 Å². The van der Waals surface area contributed by atoms with Crippen molar-refractivity contribution in [3.8, 4) is 0 Å². The van der Waals surface area contributed by atoms with E-state index in [4.69, 9.17) is 17.3 Å². The number of halogens is 1. The lowest BCUT2D eigenvalue weighted by Crippen LogP contribution is -2.28. The van der Waals surface area contributed by atoms with Crippen LogP contribution in [0.5, 0.6) is 0 Å². The van der Waals surface area contributed by atoms with Crippen LogP contribution in [-0.2, 0) is 6.54 Å². The second-order valence-electron chi connectivity index (χ2n) is 5.97. The molecule has 2 bridgehead atoms. The predicted octanol–water partition coefficient (Wildman–Crippen LogP) is 3.38. The molecule has 2 fully saturated rings. The van der Waals surface area contributed by atoms with Crippen molar-refractivity contribution in [3.05, 3.63) is 16.9 Å². The number of aryl methyl sites for hydroxylation is 1. The minimum atomic E-state index is 0.0712. The Hall–Kier alpha value is -0.540. The van der Waals surface area contributed by atoms with Crippen LogP contribution in [0.1, 0.15) is 50.8 Å². The molecule has 0 spiro atoms. The van der Waals surface area contributed by atoms with Crippen molar-refractivity contribution in [1.82, 2.24) is 9.78 Å². The van der Waals surface area contributed by atoms with Gasteiger partial charge in [0, 0.05) is 6.54 Å².